The van der Waals surface area contributed by atoms with E-state index in [4.69, 9.17) is 21.8 Å². The molecule has 1 atom stereocenters. The normalized spacial score (nSPS) is 12.1. The number of carboxylic acids is 2. The Morgan fingerprint density at radius 3 is 2.00 bits per heavy atom. The van der Waals surface area contributed by atoms with Gasteiger partial charge >= 0.3 is 11.9 Å². The first-order valence-electron chi connectivity index (χ1n) is 3.09. The van der Waals surface area contributed by atoms with Crippen molar-refractivity contribution in [2.24, 2.45) is 5.92 Å². The minimum atomic E-state index is -1.41. The van der Waals surface area contributed by atoms with Crippen molar-refractivity contribution in [3.05, 3.63) is 0 Å². The smallest absolute Gasteiger partial charge is 0.315 e. The molecule has 5 nitrogen and oxygen atoms in total. The van der Waals surface area contributed by atoms with Gasteiger partial charge < -0.3 is 10.2 Å². The van der Waals surface area contributed by atoms with Gasteiger partial charge in [0.15, 0.2) is 0 Å². The van der Waals surface area contributed by atoms with Gasteiger partial charge in [-0.2, -0.15) is 0 Å². The van der Waals surface area contributed by atoms with E-state index >= 15 is 0 Å². The number of hydrogen-bond donors (Lipinski definition) is 2. The van der Waals surface area contributed by atoms with Crippen LogP contribution in [0, 0.1) is 5.92 Å². The minimum absolute atomic E-state index is 0.271. The Labute approximate surface area is 72.9 Å². The Hall–Kier alpha value is -1.10. The van der Waals surface area contributed by atoms with Crippen molar-refractivity contribution < 1.29 is 24.6 Å². The Balaban J connectivity index is 4.06. The van der Waals surface area contributed by atoms with Gasteiger partial charge in [0.1, 0.15) is 5.92 Å². The molecule has 2 N–H and O–H groups in total. The first-order chi connectivity index (χ1) is 5.45. The van der Waals surface area contributed by atoms with Crippen molar-refractivity contribution in [3.8, 4) is 0 Å². The minimum Gasteiger partial charge on any atom is -0.481 e. The molecule has 0 rings (SSSR count). The summed E-state index contributed by atoms with van der Waals surface area (Å²) in [4.78, 5) is 30.6. The molecule has 0 saturated carbocycles. The van der Waals surface area contributed by atoms with E-state index in [9.17, 15) is 14.4 Å². The fourth-order valence-corrected chi connectivity index (χ4v) is 0.804. The molecule has 0 aliphatic rings. The second kappa shape index (κ2) is 4.71. The maximum absolute atomic E-state index is 10.4. The Kier molecular flexibility index (Phi) is 4.28. The predicted octanol–water partition coefficient (Wildman–Crippen LogP) is 0.317. The number of carbonyl (C=O) groups is 3. The summed E-state index contributed by atoms with van der Waals surface area (Å²) in [6.45, 7) is 0. The highest BCUT2D eigenvalue weighted by Crippen LogP contribution is 2.10. The van der Waals surface area contributed by atoms with Gasteiger partial charge in [0.25, 0.3) is 0 Å². The van der Waals surface area contributed by atoms with E-state index in [1.807, 2.05) is 0 Å². The van der Waals surface area contributed by atoms with Crippen molar-refractivity contribution in [2.75, 3.05) is 0 Å². The van der Waals surface area contributed by atoms with Crippen LogP contribution in [0.3, 0.4) is 0 Å². The molecule has 0 aromatic rings. The molecule has 0 bridgehead atoms. The highest BCUT2D eigenvalue weighted by molar-refractivity contribution is 6.65. The van der Waals surface area contributed by atoms with Crippen LogP contribution in [0.2, 0.25) is 0 Å². The molecule has 0 spiro atoms. The van der Waals surface area contributed by atoms with Gasteiger partial charge in [-0.1, -0.05) is 0 Å². The Morgan fingerprint density at radius 2 is 1.75 bits per heavy atom. The summed E-state index contributed by atoms with van der Waals surface area (Å²) in [5, 5.41) is 15.5. The van der Waals surface area contributed by atoms with Crippen LogP contribution in [0.4, 0.5) is 0 Å². The lowest BCUT2D eigenvalue weighted by Gasteiger charge is -2.03. The molecule has 0 saturated heterocycles. The number of halogens is 1. The van der Waals surface area contributed by atoms with Gasteiger partial charge in [-0.25, -0.2) is 0 Å². The van der Waals surface area contributed by atoms with Crippen LogP contribution < -0.4 is 0 Å². The molecule has 0 heterocycles. The second-order valence-corrected chi connectivity index (χ2v) is 2.50. The van der Waals surface area contributed by atoms with Crippen LogP contribution in [0.15, 0.2) is 0 Å². The summed E-state index contributed by atoms with van der Waals surface area (Å²) in [6.07, 6.45) is -0.650. The summed E-state index contributed by atoms with van der Waals surface area (Å²) in [6, 6.07) is 0. The number of aliphatic carboxylic acids is 2. The third kappa shape index (κ3) is 3.92. The van der Waals surface area contributed by atoms with E-state index in [-0.39, 0.29) is 12.8 Å². The Bertz CT molecular complexity index is 198. The zero-order valence-corrected chi connectivity index (χ0v) is 6.74. The highest BCUT2D eigenvalue weighted by Gasteiger charge is 2.24. The van der Waals surface area contributed by atoms with Crippen LogP contribution in [0.25, 0.3) is 0 Å². The maximum Gasteiger partial charge on any atom is 0.315 e. The van der Waals surface area contributed by atoms with Crippen LogP contribution in [0.1, 0.15) is 12.8 Å². The first kappa shape index (κ1) is 10.9. The lowest BCUT2D eigenvalue weighted by atomic mass is 10.1. The first-order valence-corrected chi connectivity index (χ1v) is 3.47. The average molecular weight is 195 g/mol. The zero-order valence-electron chi connectivity index (χ0n) is 5.99. The number of carbonyl (C=O) groups excluding carboxylic acids is 1. The third-order valence-electron chi connectivity index (χ3n) is 1.22. The molecule has 0 aliphatic heterocycles. The highest BCUT2D eigenvalue weighted by atomic mass is 35.5. The lowest BCUT2D eigenvalue weighted by Crippen LogP contribution is -2.20. The number of carboxylic acid groups (broad SMARTS) is 2. The van der Waals surface area contributed by atoms with Crippen LogP contribution in [0.5, 0.6) is 0 Å². The SMILES string of the molecule is O=C(O)CCC(C(=O)O)C(=O)Cl. The molecule has 0 aromatic heterocycles. The van der Waals surface area contributed by atoms with Crippen molar-refractivity contribution in [1.82, 2.24) is 0 Å². The Morgan fingerprint density at radius 1 is 1.25 bits per heavy atom. The predicted molar refractivity (Wildman–Crippen MR) is 38.9 cm³/mol. The average Bonchev–Trinajstić information content (AvgIpc) is 1.84. The van der Waals surface area contributed by atoms with E-state index in [0.717, 1.165) is 0 Å². The summed E-state index contributed by atoms with van der Waals surface area (Å²) < 4.78 is 0. The summed E-state index contributed by atoms with van der Waals surface area (Å²) in [7, 11) is 0. The summed E-state index contributed by atoms with van der Waals surface area (Å²) in [5.74, 6) is -3.96. The molecule has 12 heavy (non-hydrogen) atoms. The van der Waals surface area contributed by atoms with E-state index in [0.29, 0.717) is 0 Å². The summed E-state index contributed by atoms with van der Waals surface area (Å²) in [5.41, 5.74) is 0. The van der Waals surface area contributed by atoms with Gasteiger partial charge in [0, 0.05) is 6.42 Å². The standard InChI is InChI=1S/C6H7ClO5/c7-5(10)3(6(11)12)1-2-4(8)9/h3H,1-2H2,(H,8,9)(H,11,12). The molecule has 0 aliphatic carbocycles. The van der Waals surface area contributed by atoms with E-state index in [2.05, 4.69) is 0 Å². The van der Waals surface area contributed by atoms with Crippen molar-refractivity contribution in [3.63, 3.8) is 0 Å². The van der Waals surface area contributed by atoms with Gasteiger partial charge in [0.2, 0.25) is 5.24 Å². The van der Waals surface area contributed by atoms with Gasteiger partial charge in [-0.15, -0.1) is 0 Å². The molecule has 0 aromatic carbocycles. The zero-order chi connectivity index (χ0) is 9.72. The molecular formula is C6H7ClO5. The second-order valence-electron chi connectivity index (χ2n) is 2.13. The van der Waals surface area contributed by atoms with Crippen LogP contribution in [-0.4, -0.2) is 27.4 Å². The fraction of sp³-hybridized carbons (Fsp3) is 0.500. The van der Waals surface area contributed by atoms with Crippen LogP contribution >= 0.6 is 11.6 Å². The molecule has 0 fully saturated rings. The van der Waals surface area contributed by atoms with Crippen molar-refractivity contribution in [1.29, 1.82) is 0 Å². The monoisotopic (exact) mass is 194 g/mol. The largest absolute Gasteiger partial charge is 0.481 e. The number of hydrogen-bond acceptors (Lipinski definition) is 3. The third-order valence-corrected chi connectivity index (χ3v) is 1.48. The van der Waals surface area contributed by atoms with E-state index in [1.54, 1.807) is 0 Å². The topological polar surface area (TPSA) is 91.7 Å². The van der Waals surface area contributed by atoms with Crippen molar-refractivity contribution >= 4 is 28.8 Å². The molecule has 6 heteroatoms. The fourth-order valence-electron chi connectivity index (χ4n) is 0.602. The van der Waals surface area contributed by atoms with Crippen LogP contribution in [-0.2, 0) is 14.4 Å². The molecule has 0 radical (unpaired) electrons. The van der Waals surface area contributed by atoms with Gasteiger partial charge in [-0.05, 0) is 18.0 Å². The molecule has 0 amide bonds. The maximum atomic E-state index is 10.4. The molecule has 68 valence electrons. The molecule has 1 unspecified atom stereocenters. The quantitative estimate of drug-likeness (QED) is 0.486. The lowest BCUT2D eigenvalue weighted by molar-refractivity contribution is -0.145. The van der Waals surface area contributed by atoms with E-state index < -0.39 is 23.1 Å². The summed E-state index contributed by atoms with van der Waals surface area (Å²) >= 11 is 4.91. The number of rotatable bonds is 5. The van der Waals surface area contributed by atoms with Gasteiger partial charge in [-0.3, -0.25) is 14.4 Å². The van der Waals surface area contributed by atoms with Crippen molar-refractivity contribution in [2.45, 2.75) is 12.8 Å². The van der Waals surface area contributed by atoms with Gasteiger partial charge in [0.05, 0.1) is 0 Å². The molecular weight excluding hydrogens is 188 g/mol. The van der Waals surface area contributed by atoms with E-state index in [1.165, 1.54) is 0 Å².